The molecule has 14 heavy (non-hydrogen) atoms. The average molecular weight is 194 g/mol. The molecular formula is C11H18N2O. The zero-order chi connectivity index (χ0) is 9.71. The van der Waals surface area contributed by atoms with E-state index < -0.39 is 0 Å². The lowest BCUT2D eigenvalue weighted by molar-refractivity contribution is -0.131. The third-order valence-electron chi connectivity index (χ3n) is 3.92. The van der Waals surface area contributed by atoms with Crippen LogP contribution in [0.5, 0.6) is 0 Å². The SMILES string of the molecule is N[C@@H]1CCN(C(=O)C2CC2C2CC2)C1. The predicted octanol–water partition coefficient (Wildman–Crippen LogP) is 0.592. The van der Waals surface area contributed by atoms with Crippen molar-refractivity contribution in [2.24, 2.45) is 23.5 Å². The number of amides is 1. The number of hydrogen-bond acceptors (Lipinski definition) is 2. The summed E-state index contributed by atoms with van der Waals surface area (Å²) in [5.74, 6) is 2.43. The van der Waals surface area contributed by atoms with Crippen molar-refractivity contribution in [1.29, 1.82) is 0 Å². The number of carbonyl (C=O) groups excluding carboxylic acids is 1. The number of carbonyl (C=O) groups is 1. The summed E-state index contributed by atoms with van der Waals surface area (Å²) >= 11 is 0. The summed E-state index contributed by atoms with van der Waals surface area (Å²) < 4.78 is 0. The molecule has 0 aromatic heterocycles. The highest BCUT2D eigenvalue weighted by molar-refractivity contribution is 5.82. The second-order valence-corrected chi connectivity index (χ2v) is 5.18. The molecular weight excluding hydrogens is 176 g/mol. The first-order chi connectivity index (χ1) is 6.75. The van der Waals surface area contributed by atoms with Gasteiger partial charge in [0.15, 0.2) is 0 Å². The highest BCUT2D eigenvalue weighted by atomic mass is 16.2. The third-order valence-corrected chi connectivity index (χ3v) is 3.92. The molecule has 2 saturated carbocycles. The minimum absolute atomic E-state index is 0.233. The Morgan fingerprint density at radius 2 is 2.07 bits per heavy atom. The molecule has 1 saturated heterocycles. The van der Waals surface area contributed by atoms with E-state index in [9.17, 15) is 4.79 Å². The van der Waals surface area contributed by atoms with Crippen LogP contribution in [-0.4, -0.2) is 29.9 Å². The zero-order valence-corrected chi connectivity index (χ0v) is 8.48. The third kappa shape index (κ3) is 1.44. The molecule has 78 valence electrons. The molecule has 0 radical (unpaired) electrons. The molecule has 2 N–H and O–H groups in total. The van der Waals surface area contributed by atoms with E-state index in [1.54, 1.807) is 0 Å². The molecule has 3 nitrogen and oxygen atoms in total. The lowest BCUT2D eigenvalue weighted by Gasteiger charge is -2.15. The molecule has 3 aliphatic rings. The molecule has 3 heteroatoms. The van der Waals surface area contributed by atoms with E-state index in [4.69, 9.17) is 5.73 Å². The van der Waals surface area contributed by atoms with Crippen molar-refractivity contribution in [3.05, 3.63) is 0 Å². The van der Waals surface area contributed by atoms with Gasteiger partial charge in [0.25, 0.3) is 0 Å². The first-order valence-corrected chi connectivity index (χ1v) is 5.80. The van der Waals surface area contributed by atoms with Crippen molar-refractivity contribution in [3.63, 3.8) is 0 Å². The molecule has 3 fully saturated rings. The highest BCUT2D eigenvalue weighted by Crippen LogP contribution is 2.55. The van der Waals surface area contributed by atoms with Gasteiger partial charge in [0.05, 0.1) is 0 Å². The van der Waals surface area contributed by atoms with Gasteiger partial charge in [-0.1, -0.05) is 0 Å². The Labute approximate surface area is 84.6 Å². The quantitative estimate of drug-likeness (QED) is 0.699. The Bertz CT molecular complexity index is 262. The zero-order valence-electron chi connectivity index (χ0n) is 8.48. The van der Waals surface area contributed by atoms with Gasteiger partial charge < -0.3 is 10.6 Å². The van der Waals surface area contributed by atoms with Gasteiger partial charge in [-0.25, -0.2) is 0 Å². The molecule has 0 aromatic carbocycles. The van der Waals surface area contributed by atoms with E-state index >= 15 is 0 Å². The normalized spacial score (nSPS) is 41.5. The van der Waals surface area contributed by atoms with E-state index in [1.807, 2.05) is 4.90 Å². The topological polar surface area (TPSA) is 46.3 Å². The summed E-state index contributed by atoms with van der Waals surface area (Å²) in [5, 5.41) is 0. The van der Waals surface area contributed by atoms with E-state index in [0.29, 0.717) is 11.8 Å². The molecule has 0 spiro atoms. The van der Waals surface area contributed by atoms with Crippen molar-refractivity contribution in [1.82, 2.24) is 4.90 Å². The summed E-state index contributed by atoms with van der Waals surface area (Å²) in [6, 6.07) is 0.233. The van der Waals surface area contributed by atoms with Crippen LogP contribution in [0.1, 0.15) is 25.7 Å². The number of hydrogen-bond donors (Lipinski definition) is 1. The molecule has 1 aliphatic heterocycles. The van der Waals surface area contributed by atoms with Crippen molar-refractivity contribution in [2.45, 2.75) is 31.7 Å². The van der Waals surface area contributed by atoms with E-state index in [-0.39, 0.29) is 6.04 Å². The number of rotatable bonds is 2. The van der Waals surface area contributed by atoms with Crippen molar-refractivity contribution in [2.75, 3.05) is 13.1 Å². The van der Waals surface area contributed by atoms with Gasteiger partial charge in [0, 0.05) is 25.0 Å². The van der Waals surface area contributed by atoms with Crippen LogP contribution in [0.4, 0.5) is 0 Å². The van der Waals surface area contributed by atoms with Crippen LogP contribution in [0.25, 0.3) is 0 Å². The van der Waals surface area contributed by atoms with E-state index in [1.165, 1.54) is 12.8 Å². The van der Waals surface area contributed by atoms with E-state index in [0.717, 1.165) is 37.8 Å². The van der Waals surface area contributed by atoms with E-state index in [2.05, 4.69) is 0 Å². The van der Waals surface area contributed by atoms with Crippen LogP contribution < -0.4 is 5.73 Å². The maximum absolute atomic E-state index is 12.0. The summed E-state index contributed by atoms with van der Waals surface area (Å²) in [5.41, 5.74) is 5.80. The molecule has 2 unspecified atom stereocenters. The fraction of sp³-hybridized carbons (Fsp3) is 0.909. The number of nitrogens with zero attached hydrogens (tertiary/aromatic N) is 1. The Balaban J connectivity index is 1.56. The van der Waals surface area contributed by atoms with Crippen LogP contribution in [0.15, 0.2) is 0 Å². The number of likely N-dealkylation sites (tertiary alicyclic amines) is 1. The fourth-order valence-electron chi connectivity index (χ4n) is 2.77. The summed E-state index contributed by atoms with van der Waals surface area (Å²) in [7, 11) is 0. The molecule has 2 aliphatic carbocycles. The summed E-state index contributed by atoms with van der Waals surface area (Å²) in [6.45, 7) is 1.70. The van der Waals surface area contributed by atoms with Gasteiger partial charge in [-0.2, -0.15) is 0 Å². The Morgan fingerprint density at radius 3 is 2.64 bits per heavy atom. The van der Waals surface area contributed by atoms with Gasteiger partial charge in [0.1, 0.15) is 0 Å². The van der Waals surface area contributed by atoms with Gasteiger partial charge in [-0.15, -0.1) is 0 Å². The Morgan fingerprint density at radius 1 is 1.29 bits per heavy atom. The lowest BCUT2D eigenvalue weighted by Crippen LogP contribution is -2.33. The second-order valence-electron chi connectivity index (χ2n) is 5.18. The van der Waals surface area contributed by atoms with Gasteiger partial charge in [-0.3, -0.25) is 4.79 Å². The average Bonchev–Trinajstić information content (AvgIpc) is 3.02. The van der Waals surface area contributed by atoms with Crippen molar-refractivity contribution < 1.29 is 4.79 Å². The van der Waals surface area contributed by atoms with Crippen molar-refractivity contribution in [3.8, 4) is 0 Å². The molecule has 3 atom stereocenters. The smallest absolute Gasteiger partial charge is 0.226 e. The predicted molar refractivity (Wildman–Crippen MR) is 53.5 cm³/mol. The maximum Gasteiger partial charge on any atom is 0.226 e. The fourth-order valence-corrected chi connectivity index (χ4v) is 2.77. The molecule has 0 aromatic rings. The summed E-state index contributed by atoms with van der Waals surface area (Å²) in [4.78, 5) is 14.0. The standard InChI is InChI=1S/C11H18N2O/c12-8-3-4-13(6-8)11(14)10-5-9(10)7-1-2-7/h7-10H,1-6,12H2/t8-,9?,10?/m1/s1. The Hall–Kier alpha value is -0.570. The monoisotopic (exact) mass is 194 g/mol. The van der Waals surface area contributed by atoms with Crippen molar-refractivity contribution >= 4 is 5.91 Å². The minimum atomic E-state index is 0.233. The van der Waals surface area contributed by atoms with Crippen LogP contribution in [0.2, 0.25) is 0 Å². The van der Waals surface area contributed by atoms with Crippen LogP contribution in [0, 0.1) is 17.8 Å². The first kappa shape index (κ1) is 8.72. The van der Waals surface area contributed by atoms with Crippen LogP contribution in [0.3, 0.4) is 0 Å². The van der Waals surface area contributed by atoms with Gasteiger partial charge in [0.2, 0.25) is 5.91 Å². The first-order valence-electron chi connectivity index (χ1n) is 5.80. The molecule has 0 bridgehead atoms. The lowest BCUT2D eigenvalue weighted by atomic mass is 10.2. The van der Waals surface area contributed by atoms with Crippen LogP contribution in [-0.2, 0) is 4.79 Å². The van der Waals surface area contributed by atoms with Gasteiger partial charge in [-0.05, 0) is 37.5 Å². The summed E-state index contributed by atoms with van der Waals surface area (Å²) in [6.07, 6.45) is 4.89. The molecule has 3 rings (SSSR count). The Kier molecular flexibility index (Phi) is 1.84. The molecule has 1 amide bonds. The largest absolute Gasteiger partial charge is 0.341 e. The second kappa shape index (κ2) is 2.96. The maximum atomic E-state index is 12.0. The highest BCUT2D eigenvalue weighted by Gasteiger charge is 2.52. The number of nitrogens with two attached hydrogens (primary N) is 1. The van der Waals surface area contributed by atoms with Crippen LogP contribution >= 0.6 is 0 Å². The van der Waals surface area contributed by atoms with Gasteiger partial charge >= 0.3 is 0 Å². The molecule has 1 heterocycles. The minimum Gasteiger partial charge on any atom is -0.341 e.